The van der Waals surface area contributed by atoms with Crippen molar-refractivity contribution in [2.24, 2.45) is 0 Å². The molecule has 0 saturated carbocycles. The molecule has 2 rings (SSSR count). The molecule has 1 fully saturated rings. The predicted octanol–water partition coefficient (Wildman–Crippen LogP) is 3.14. The molecule has 1 saturated heterocycles. The molecule has 1 aromatic rings. The van der Waals surface area contributed by atoms with Gasteiger partial charge in [-0.15, -0.1) is 6.42 Å². The van der Waals surface area contributed by atoms with Gasteiger partial charge in [0.05, 0.1) is 34.4 Å². The summed E-state index contributed by atoms with van der Waals surface area (Å²) in [6.07, 6.45) is 5.15. The fraction of sp³-hybridized carbons (Fsp3) is 0.316. The van der Waals surface area contributed by atoms with Crippen molar-refractivity contribution in [1.82, 2.24) is 5.32 Å². The fourth-order valence-electron chi connectivity index (χ4n) is 2.60. The van der Waals surface area contributed by atoms with Gasteiger partial charge in [-0.05, 0) is 32.9 Å². The maximum atomic E-state index is 12.6. The molecule has 6 nitrogen and oxygen atoms in total. The predicted molar refractivity (Wildman–Crippen MR) is 107 cm³/mol. The Morgan fingerprint density at radius 2 is 1.96 bits per heavy atom. The largest absolute Gasteiger partial charge is 0.373 e. The number of carbonyl (C=O) groups excluding carboxylic acids is 3. The SMILES string of the molecule is C#CCNC(=O)C(C)Nc1cc(N2C(=O)CC(=C(C)C)C2=O)c(Cl)cc1Cl. The van der Waals surface area contributed by atoms with Gasteiger partial charge in [0.15, 0.2) is 0 Å². The van der Waals surface area contributed by atoms with Crippen LogP contribution >= 0.6 is 23.2 Å². The van der Waals surface area contributed by atoms with Gasteiger partial charge >= 0.3 is 0 Å². The number of anilines is 2. The van der Waals surface area contributed by atoms with Crippen LogP contribution in [0.4, 0.5) is 11.4 Å². The van der Waals surface area contributed by atoms with E-state index in [4.69, 9.17) is 29.6 Å². The highest BCUT2D eigenvalue weighted by atomic mass is 35.5. The first-order chi connectivity index (χ1) is 12.7. The highest BCUT2D eigenvalue weighted by Gasteiger charge is 2.37. The molecule has 0 spiro atoms. The van der Waals surface area contributed by atoms with Gasteiger partial charge < -0.3 is 10.6 Å². The van der Waals surface area contributed by atoms with Crippen LogP contribution in [0.25, 0.3) is 0 Å². The van der Waals surface area contributed by atoms with E-state index >= 15 is 0 Å². The molecule has 1 aliphatic rings. The lowest BCUT2D eigenvalue weighted by molar-refractivity contribution is -0.122. The molecule has 2 N–H and O–H groups in total. The molecule has 1 unspecified atom stereocenters. The van der Waals surface area contributed by atoms with Crippen LogP contribution in [0, 0.1) is 12.3 Å². The maximum Gasteiger partial charge on any atom is 0.261 e. The van der Waals surface area contributed by atoms with Crippen molar-refractivity contribution in [3.8, 4) is 12.3 Å². The number of hydrogen-bond donors (Lipinski definition) is 2. The summed E-state index contributed by atoms with van der Waals surface area (Å²) in [6, 6.07) is 2.26. The third-order valence-corrected chi connectivity index (χ3v) is 4.67. The summed E-state index contributed by atoms with van der Waals surface area (Å²) in [5.41, 5.74) is 1.80. The molecule has 1 aliphatic heterocycles. The molecular formula is C19H19Cl2N3O3. The Morgan fingerprint density at radius 1 is 1.30 bits per heavy atom. The lowest BCUT2D eigenvalue weighted by Crippen LogP contribution is -2.37. The van der Waals surface area contributed by atoms with Crippen molar-refractivity contribution in [3.05, 3.63) is 33.3 Å². The highest BCUT2D eigenvalue weighted by Crippen LogP contribution is 2.38. The molecule has 27 heavy (non-hydrogen) atoms. The maximum absolute atomic E-state index is 12.6. The van der Waals surface area contributed by atoms with Crippen molar-refractivity contribution in [2.75, 3.05) is 16.8 Å². The van der Waals surface area contributed by atoms with E-state index in [0.29, 0.717) is 11.3 Å². The summed E-state index contributed by atoms with van der Waals surface area (Å²) < 4.78 is 0. The molecule has 1 aromatic carbocycles. The van der Waals surface area contributed by atoms with Gasteiger partial charge in [0.25, 0.3) is 5.91 Å². The van der Waals surface area contributed by atoms with E-state index in [0.717, 1.165) is 10.5 Å². The molecule has 3 amide bonds. The third kappa shape index (κ3) is 4.44. The first kappa shape index (κ1) is 20.8. The third-order valence-electron chi connectivity index (χ3n) is 4.05. The van der Waals surface area contributed by atoms with Gasteiger partial charge in [0.1, 0.15) is 6.04 Å². The average Bonchev–Trinajstić information content (AvgIpc) is 2.90. The van der Waals surface area contributed by atoms with Crippen LogP contribution in [0.3, 0.4) is 0 Å². The van der Waals surface area contributed by atoms with Gasteiger partial charge in [-0.3, -0.25) is 14.4 Å². The van der Waals surface area contributed by atoms with E-state index in [2.05, 4.69) is 16.6 Å². The lowest BCUT2D eigenvalue weighted by Gasteiger charge is -2.20. The second kappa shape index (κ2) is 8.47. The zero-order chi connectivity index (χ0) is 20.3. The smallest absolute Gasteiger partial charge is 0.261 e. The van der Waals surface area contributed by atoms with Crippen molar-refractivity contribution in [1.29, 1.82) is 0 Å². The Hall–Kier alpha value is -2.49. The summed E-state index contributed by atoms with van der Waals surface area (Å²) in [7, 11) is 0. The van der Waals surface area contributed by atoms with Crippen LogP contribution in [0.2, 0.25) is 10.0 Å². The number of benzene rings is 1. The van der Waals surface area contributed by atoms with E-state index in [1.807, 2.05) is 0 Å². The van der Waals surface area contributed by atoms with Gasteiger partial charge in [-0.25, -0.2) is 4.90 Å². The first-order valence-corrected chi connectivity index (χ1v) is 8.93. The number of rotatable bonds is 5. The van der Waals surface area contributed by atoms with Crippen molar-refractivity contribution >= 4 is 52.3 Å². The quantitative estimate of drug-likeness (QED) is 0.446. The van der Waals surface area contributed by atoms with E-state index < -0.39 is 11.9 Å². The molecule has 1 heterocycles. The Kier molecular flexibility index (Phi) is 6.53. The average molecular weight is 408 g/mol. The van der Waals surface area contributed by atoms with Crippen LogP contribution in [0.15, 0.2) is 23.3 Å². The number of nitrogens with zero attached hydrogens (tertiary/aromatic N) is 1. The highest BCUT2D eigenvalue weighted by molar-refractivity contribution is 6.40. The number of allylic oxidation sites excluding steroid dienone is 1. The van der Waals surface area contributed by atoms with Gasteiger partial charge in [0, 0.05) is 5.57 Å². The minimum Gasteiger partial charge on any atom is -0.373 e. The number of halogens is 2. The molecule has 142 valence electrons. The van der Waals surface area contributed by atoms with Crippen molar-refractivity contribution in [3.63, 3.8) is 0 Å². The molecule has 8 heteroatoms. The van der Waals surface area contributed by atoms with Crippen molar-refractivity contribution in [2.45, 2.75) is 33.2 Å². The van der Waals surface area contributed by atoms with Crippen LogP contribution in [0.1, 0.15) is 27.2 Å². The van der Waals surface area contributed by atoms with E-state index in [9.17, 15) is 14.4 Å². The van der Waals surface area contributed by atoms with Crippen LogP contribution in [0.5, 0.6) is 0 Å². The fourth-order valence-corrected chi connectivity index (χ4v) is 3.12. The lowest BCUT2D eigenvalue weighted by atomic mass is 10.1. The summed E-state index contributed by atoms with van der Waals surface area (Å²) in [5, 5.41) is 5.91. The van der Waals surface area contributed by atoms with Crippen LogP contribution in [-0.2, 0) is 14.4 Å². The summed E-state index contributed by atoms with van der Waals surface area (Å²) in [4.78, 5) is 38.0. The summed E-state index contributed by atoms with van der Waals surface area (Å²) in [6.45, 7) is 5.28. The number of nitrogens with one attached hydrogen (secondary N) is 2. The zero-order valence-corrected chi connectivity index (χ0v) is 16.7. The molecule has 0 bridgehead atoms. The Balaban J connectivity index is 2.35. The number of carbonyl (C=O) groups is 3. The molecule has 0 radical (unpaired) electrons. The number of imide groups is 1. The standard InChI is InChI=1S/C19H19Cl2N3O3/c1-5-6-22-18(26)11(4)23-15-9-16(14(21)8-13(15)20)24-17(25)7-12(10(2)3)19(24)27/h1,8-9,11,23H,6-7H2,2-4H3,(H,22,26). The van der Waals surface area contributed by atoms with E-state index in [-0.39, 0.29) is 40.5 Å². The Labute approximate surface area is 167 Å². The molecule has 0 aromatic heterocycles. The Morgan fingerprint density at radius 3 is 2.52 bits per heavy atom. The molecular weight excluding hydrogens is 389 g/mol. The minimum atomic E-state index is -0.650. The van der Waals surface area contributed by atoms with Gasteiger partial charge in [0.2, 0.25) is 11.8 Å². The molecule has 1 atom stereocenters. The number of amides is 3. The van der Waals surface area contributed by atoms with E-state index in [1.165, 1.54) is 12.1 Å². The summed E-state index contributed by atoms with van der Waals surface area (Å²) in [5.74, 6) is 1.22. The van der Waals surface area contributed by atoms with Crippen LogP contribution < -0.4 is 15.5 Å². The van der Waals surface area contributed by atoms with Crippen molar-refractivity contribution < 1.29 is 14.4 Å². The number of terminal acetylenes is 1. The first-order valence-electron chi connectivity index (χ1n) is 8.17. The van der Waals surface area contributed by atoms with E-state index in [1.54, 1.807) is 20.8 Å². The topological polar surface area (TPSA) is 78.5 Å². The molecule has 0 aliphatic carbocycles. The summed E-state index contributed by atoms with van der Waals surface area (Å²) >= 11 is 12.4. The Bertz CT molecular complexity index is 883. The normalized spacial score (nSPS) is 14.8. The second-order valence-electron chi connectivity index (χ2n) is 6.26. The van der Waals surface area contributed by atoms with Gasteiger partial charge in [-0.2, -0.15) is 0 Å². The zero-order valence-electron chi connectivity index (χ0n) is 15.2. The monoisotopic (exact) mass is 407 g/mol. The number of hydrogen-bond acceptors (Lipinski definition) is 4. The second-order valence-corrected chi connectivity index (χ2v) is 7.08. The van der Waals surface area contributed by atoms with Crippen LogP contribution in [-0.4, -0.2) is 30.3 Å². The van der Waals surface area contributed by atoms with Gasteiger partial charge in [-0.1, -0.05) is 34.7 Å². The minimum absolute atomic E-state index is 0.0216.